The van der Waals surface area contributed by atoms with Crippen molar-refractivity contribution in [2.45, 2.75) is 25.4 Å². The van der Waals surface area contributed by atoms with Crippen molar-refractivity contribution in [3.05, 3.63) is 53.7 Å². The van der Waals surface area contributed by atoms with Crippen molar-refractivity contribution in [3.8, 4) is 17.2 Å². The Hall–Kier alpha value is -3.29. The average molecular weight is 430 g/mol. The van der Waals surface area contributed by atoms with Gasteiger partial charge in [-0.05, 0) is 60.7 Å². The summed E-state index contributed by atoms with van der Waals surface area (Å²) in [5, 5.41) is 1.13. The van der Waals surface area contributed by atoms with Crippen molar-refractivity contribution in [2.24, 2.45) is 0 Å². The van der Waals surface area contributed by atoms with E-state index in [9.17, 15) is 13.6 Å². The number of methoxy groups -OCH3 is 2. The van der Waals surface area contributed by atoms with Crippen LogP contribution in [0.5, 0.6) is 17.2 Å². The Kier molecular flexibility index (Phi) is 5.97. The molecule has 1 fully saturated rings. The number of amides is 1. The van der Waals surface area contributed by atoms with Gasteiger partial charge in [0.2, 0.25) is 0 Å². The van der Waals surface area contributed by atoms with Crippen LogP contribution in [0.1, 0.15) is 34.7 Å². The SMILES string of the molecule is COc1ccc2[nH]cc(C3CCN(C(=O)c4ccc(OC)c(OC(F)F)c4)CC3)c2c1. The lowest BCUT2D eigenvalue weighted by molar-refractivity contribution is -0.0512. The number of hydrogen-bond donors (Lipinski definition) is 1. The summed E-state index contributed by atoms with van der Waals surface area (Å²) in [4.78, 5) is 18.0. The molecule has 0 bridgehead atoms. The van der Waals surface area contributed by atoms with E-state index in [4.69, 9.17) is 9.47 Å². The molecule has 2 heterocycles. The summed E-state index contributed by atoms with van der Waals surface area (Å²) < 4.78 is 40.2. The first-order valence-electron chi connectivity index (χ1n) is 10.1. The molecule has 3 aromatic rings. The van der Waals surface area contributed by atoms with E-state index in [0.717, 1.165) is 29.5 Å². The minimum absolute atomic E-state index is 0.147. The third-order valence-electron chi connectivity index (χ3n) is 5.77. The van der Waals surface area contributed by atoms with Gasteiger partial charge in [0, 0.05) is 35.8 Å². The minimum atomic E-state index is -3.00. The molecule has 1 aliphatic heterocycles. The molecular weight excluding hydrogens is 406 g/mol. The van der Waals surface area contributed by atoms with Crippen LogP contribution in [0.3, 0.4) is 0 Å². The molecule has 1 N–H and O–H groups in total. The topological polar surface area (TPSA) is 63.8 Å². The second-order valence-corrected chi connectivity index (χ2v) is 7.47. The van der Waals surface area contributed by atoms with Crippen LogP contribution in [0.25, 0.3) is 10.9 Å². The van der Waals surface area contributed by atoms with Crippen molar-refractivity contribution in [1.29, 1.82) is 0 Å². The molecule has 0 saturated carbocycles. The van der Waals surface area contributed by atoms with Crippen molar-refractivity contribution >= 4 is 16.8 Å². The quantitative estimate of drug-likeness (QED) is 0.610. The monoisotopic (exact) mass is 430 g/mol. The Balaban J connectivity index is 1.47. The van der Waals surface area contributed by atoms with Gasteiger partial charge in [-0.2, -0.15) is 8.78 Å². The molecule has 0 spiro atoms. The molecule has 1 saturated heterocycles. The number of alkyl halides is 2. The third-order valence-corrected chi connectivity index (χ3v) is 5.77. The number of piperidine rings is 1. The van der Waals surface area contributed by atoms with Crippen molar-refractivity contribution < 1.29 is 27.8 Å². The molecule has 164 valence electrons. The lowest BCUT2D eigenvalue weighted by Crippen LogP contribution is -2.37. The molecule has 1 amide bonds. The number of carbonyl (C=O) groups is 1. The average Bonchev–Trinajstić information content (AvgIpc) is 3.21. The fourth-order valence-electron chi connectivity index (χ4n) is 4.16. The van der Waals surface area contributed by atoms with E-state index in [1.807, 2.05) is 24.4 Å². The Morgan fingerprint density at radius 3 is 2.52 bits per heavy atom. The summed E-state index contributed by atoms with van der Waals surface area (Å²) in [5.74, 6) is 0.929. The Bertz CT molecular complexity index is 1070. The number of hydrogen-bond acceptors (Lipinski definition) is 4. The summed E-state index contributed by atoms with van der Waals surface area (Å²) in [6.45, 7) is -1.83. The van der Waals surface area contributed by atoms with Gasteiger partial charge in [-0.25, -0.2) is 0 Å². The number of nitrogens with one attached hydrogen (secondary N) is 1. The van der Waals surface area contributed by atoms with Crippen LogP contribution in [0.4, 0.5) is 8.78 Å². The molecular formula is C23H24F2N2O4. The van der Waals surface area contributed by atoms with Gasteiger partial charge in [0.1, 0.15) is 5.75 Å². The largest absolute Gasteiger partial charge is 0.497 e. The molecule has 1 aliphatic rings. The zero-order valence-corrected chi connectivity index (χ0v) is 17.4. The number of carbonyl (C=O) groups excluding carboxylic acids is 1. The predicted molar refractivity (Wildman–Crippen MR) is 112 cm³/mol. The van der Waals surface area contributed by atoms with Gasteiger partial charge in [-0.15, -0.1) is 0 Å². The molecule has 8 heteroatoms. The van der Waals surface area contributed by atoms with Gasteiger partial charge >= 0.3 is 6.61 Å². The number of H-pyrrole nitrogens is 1. The van der Waals surface area contributed by atoms with Crippen LogP contribution in [0.2, 0.25) is 0 Å². The highest BCUT2D eigenvalue weighted by atomic mass is 19.3. The van der Waals surface area contributed by atoms with Gasteiger partial charge in [0.15, 0.2) is 11.5 Å². The summed E-state index contributed by atoms with van der Waals surface area (Å²) in [6, 6.07) is 10.3. The number of likely N-dealkylation sites (tertiary alicyclic amines) is 1. The number of halogens is 2. The molecule has 0 unspecified atom stereocenters. The zero-order valence-electron chi connectivity index (χ0n) is 17.4. The van der Waals surface area contributed by atoms with Crippen LogP contribution in [0.15, 0.2) is 42.6 Å². The predicted octanol–water partition coefficient (Wildman–Crippen LogP) is 4.81. The summed E-state index contributed by atoms with van der Waals surface area (Å²) in [6.07, 6.45) is 3.66. The number of ether oxygens (including phenoxy) is 3. The molecule has 31 heavy (non-hydrogen) atoms. The highest BCUT2D eigenvalue weighted by molar-refractivity contribution is 5.95. The van der Waals surface area contributed by atoms with Crippen molar-refractivity contribution in [3.63, 3.8) is 0 Å². The van der Waals surface area contributed by atoms with Gasteiger partial charge in [0.25, 0.3) is 5.91 Å². The molecule has 0 atom stereocenters. The number of nitrogens with zero attached hydrogens (tertiary/aromatic N) is 1. The maximum absolute atomic E-state index is 12.9. The summed E-state index contributed by atoms with van der Waals surface area (Å²) >= 11 is 0. The standard InChI is InChI=1S/C23H24F2N2O4/c1-29-16-4-5-19-17(12-16)18(13-26-19)14-7-9-27(10-8-14)22(28)15-3-6-20(30-2)21(11-15)31-23(24)25/h3-6,11-14,23,26H,7-10H2,1-2H3. The number of aromatic nitrogens is 1. The lowest BCUT2D eigenvalue weighted by Gasteiger charge is -2.32. The number of rotatable bonds is 6. The number of aromatic amines is 1. The van der Waals surface area contributed by atoms with E-state index in [-0.39, 0.29) is 17.4 Å². The van der Waals surface area contributed by atoms with E-state index >= 15 is 0 Å². The normalized spacial score (nSPS) is 14.8. The van der Waals surface area contributed by atoms with Crippen LogP contribution in [-0.4, -0.2) is 49.7 Å². The van der Waals surface area contributed by atoms with E-state index in [2.05, 4.69) is 9.72 Å². The Morgan fingerprint density at radius 2 is 1.84 bits per heavy atom. The van der Waals surface area contributed by atoms with Crippen LogP contribution in [-0.2, 0) is 0 Å². The maximum atomic E-state index is 12.9. The van der Waals surface area contributed by atoms with Crippen molar-refractivity contribution in [1.82, 2.24) is 9.88 Å². The lowest BCUT2D eigenvalue weighted by atomic mass is 9.89. The van der Waals surface area contributed by atoms with Crippen LogP contribution >= 0.6 is 0 Å². The van der Waals surface area contributed by atoms with E-state index in [0.29, 0.717) is 24.6 Å². The first-order chi connectivity index (χ1) is 15.0. The molecule has 0 radical (unpaired) electrons. The van der Waals surface area contributed by atoms with Crippen molar-refractivity contribution in [2.75, 3.05) is 27.3 Å². The van der Waals surface area contributed by atoms with Gasteiger partial charge < -0.3 is 24.1 Å². The summed E-state index contributed by atoms with van der Waals surface area (Å²) in [5.41, 5.74) is 2.57. The molecule has 0 aliphatic carbocycles. The van der Waals surface area contributed by atoms with Gasteiger partial charge in [0.05, 0.1) is 14.2 Å². The Morgan fingerprint density at radius 1 is 1.06 bits per heavy atom. The highest BCUT2D eigenvalue weighted by Gasteiger charge is 2.27. The summed E-state index contributed by atoms with van der Waals surface area (Å²) in [7, 11) is 3.01. The van der Waals surface area contributed by atoms with E-state index in [1.54, 1.807) is 18.1 Å². The second-order valence-electron chi connectivity index (χ2n) is 7.47. The van der Waals surface area contributed by atoms with Gasteiger partial charge in [-0.3, -0.25) is 4.79 Å². The fourth-order valence-corrected chi connectivity index (χ4v) is 4.16. The van der Waals surface area contributed by atoms with Crippen LogP contribution in [0, 0.1) is 0 Å². The number of fused-ring (bicyclic) bond motifs is 1. The highest BCUT2D eigenvalue weighted by Crippen LogP contribution is 2.35. The molecule has 6 nitrogen and oxygen atoms in total. The fraction of sp³-hybridized carbons (Fsp3) is 0.348. The second kappa shape index (κ2) is 8.83. The maximum Gasteiger partial charge on any atom is 0.387 e. The Labute approximate surface area is 178 Å². The van der Waals surface area contributed by atoms with Gasteiger partial charge in [-0.1, -0.05) is 0 Å². The first-order valence-corrected chi connectivity index (χ1v) is 10.1. The van der Waals surface area contributed by atoms with Crippen LogP contribution < -0.4 is 14.2 Å². The first kappa shape index (κ1) is 21.0. The van der Waals surface area contributed by atoms with E-state index < -0.39 is 6.61 Å². The number of benzene rings is 2. The van der Waals surface area contributed by atoms with E-state index in [1.165, 1.54) is 24.8 Å². The molecule has 2 aromatic carbocycles. The zero-order chi connectivity index (χ0) is 22.0. The molecule has 1 aromatic heterocycles. The molecule has 4 rings (SSSR count). The third kappa shape index (κ3) is 4.28. The minimum Gasteiger partial charge on any atom is -0.497 e. The smallest absolute Gasteiger partial charge is 0.387 e.